The number of carbonyl (C=O) groups is 1. The number of hydrogen-bond donors (Lipinski definition) is 1. The van der Waals surface area contributed by atoms with Crippen LogP contribution in [0.2, 0.25) is 0 Å². The van der Waals surface area contributed by atoms with Gasteiger partial charge in [0.25, 0.3) is 5.91 Å². The molecule has 0 aliphatic carbocycles. The van der Waals surface area contributed by atoms with E-state index in [1.165, 1.54) is 0 Å². The van der Waals surface area contributed by atoms with E-state index in [0.29, 0.717) is 12.3 Å². The maximum atomic E-state index is 12.7. The molecular formula is C23H28ClN3O3. The molecule has 3 aromatic rings. The molecule has 1 aromatic carbocycles. The number of benzene rings is 1. The third-order valence-corrected chi connectivity index (χ3v) is 5.61. The van der Waals surface area contributed by atoms with Crippen LogP contribution in [0.3, 0.4) is 0 Å². The lowest BCUT2D eigenvalue weighted by molar-refractivity contribution is 0.0887. The van der Waals surface area contributed by atoms with Crippen LogP contribution in [0.5, 0.6) is 0 Å². The zero-order valence-corrected chi connectivity index (χ0v) is 18.2. The minimum absolute atomic E-state index is 0. The van der Waals surface area contributed by atoms with Crippen LogP contribution in [0, 0.1) is 12.8 Å². The number of piperidine rings is 1. The van der Waals surface area contributed by atoms with Gasteiger partial charge in [-0.2, -0.15) is 0 Å². The van der Waals surface area contributed by atoms with Crippen LogP contribution in [-0.4, -0.2) is 35.6 Å². The summed E-state index contributed by atoms with van der Waals surface area (Å²) in [6.07, 6.45) is 2.32. The van der Waals surface area contributed by atoms with E-state index >= 15 is 0 Å². The number of aryl methyl sites for hydroxylation is 1. The molecule has 1 saturated heterocycles. The minimum Gasteiger partial charge on any atom is -0.465 e. The highest BCUT2D eigenvalue weighted by Crippen LogP contribution is 2.28. The third kappa shape index (κ3) is 5.12. The Morgan fingerprint density at radius 3 is 2.60 bits per heavy atom. The van der Waals surface area contributed by atoms with E-state index in [-0.39, 0.29) is 30.0 Å². The Morgan fingerprint density at radius 2 is 1.93 bits per heavy atom. The van der Waals surface area contributed by atoms with Gasteiger partial charge in [0, 0.05) is 18.2 Å². The Bertz CT molecular complexity index is 946. The molecule has 160 valence electrons. The summed E-state index contributed by atoms with van der Waals surface area (Å²) in [7, 11) is 0. The van der Waals surface area contributed by atoms with Crippen LogP contribution in [-0.2, 0) is 0 Å². The molecule has 30 heavy (non-hydrogen) atoms. The highest BCUT2D eigenvalue weighted by molar-refractivity contribution is 5.93. The van der Waals surface area contributed by atoms with Gasteiger partial charge >= 0.3 is 0 Å². The summed E-state index contributed by atoms with van der Waals surface area (Å²) < 4.78 is 11.3. The SMILES string of the molecule is Cc1ccc(C(CNC(=O)c2cc(-c3ccccc3)on2)N2CCC(C)CC2)o1.Cl. The van der Waals surface area contributed by atoms with Crippen molar-refractivity contribution in [3.8, 4) is 11.3 Å². The van der Waals surface area contributed by atoms with Crippen LogP contribution in [0.15, 0.2) is 57.5 Å². The normalized spacial score (nSPS) is 16.1. The molecule has 0 spiro atoms. The molecule has 4 rings (SSSR count). The molecule has 1 fully saturated rings. The molecule has 7 heteroatoms. The Labute approximate surface area is 183 Å². The van der Waals surface area contributed by atoms with E-state index in [4.69, 9.17) is 8.94 Å². The van der Waals surface area contributed by atoms with Gasteiger partial charge in [-0.05, 0) is 50.9 Å². The molecule has 1 aliphatic rings. The van der Waals surface area contributed by atoms with Crippen molar-refractivity contribution >= 4 is 18.3 Å². The van der Waals surface area contributed by atoms with Crippen molar-refractivity contribution in [2.45, 2.75) is 32.7 Å². The number of nitrogens with zero attached hydrogens (tertiary/aromatic N) is 2. The van der Waals surface area contributed by atoms with Gasteiger partial charge < -0.3 is 14.3 Å². The molecule has 2 aromatic heterocycles. The van der Waals surface area contributed by atoms with E-state index in [0.717, 1.165) is 48.9 Å². The van der Waals surface area contributed by atoms with Crippen molar-refractivity contribution < 1.29 is 13.7 Å². The summed E-state index contributed by atoms with van der Waals surface area (Å²) in [4.78, 5) is 15.1. The lowest BCUT2D eigenvalue weighted by atomic mass is 9.97. The molecular weight excluding hydrogens is 402 g/mol. The quantitative estimate of drug-likeness (QED) is 0.605. The maximum absolute atomic E-state index is 12.7. The molecule has 0 radical (unpaired) electrons. The largest absolute Gasteiger partial charge is 0.465 e. The number of aromatic nitrogens is 1. The Balaban J connectivity index is 0.00000256. The Kier molecular flexibility index (Phi) is 7.34. The summed E-state index contributed by atoms with van der Waals surface area (Å²) >= 11 is 0. The summed E-state index contributed by atoms with van der Waals surface area (Å²) in [6.45, 7) is 6.71. The minimum atomic E-state index is -0.241. The summed E-state index contributed by atoms with van der Waals surface area (Å²) in [6, 6.07) is 15.3. The number of carbonyl (C=O) groups excluding carboxylic acids is 1. The van der Waals surface area contributed by atoms with Gasteiger partial charge in [-0.25, -0.2) is 0 Å². The Morgan fingerprint density at radius 1 is 1.20 bits per heavy atom. The number of hydrogen-bond acceptors (Lipinski definition) is 5. The van der Waals surface area contributed by atoms with E-state index in [9.17, 15) is 4.79 Å². The lowest BCUT2D eigenvalue weighted by Crippen LogP contribution is -2.41. The van der Waals surface area contributed by atoms with Crippen LogP contribution < -0.4 is 5.32 Å². The maximum Gasteiger partial charge on any atom is 0.273 e. The fourth-order valence-corrected chi connectivity index (χ4v) is 3.78. The first-order valence-corrected chi connectivity index (χ1v) is 10.2. The van der Waals surface area contributed by atoms with Crippen LogP contribution in [0.25, 0.3) is 11.3 Å². The second-order valence-corrected chi connectivity index (χ2v) is 7.84. The van der Waals surface area contributed by atoms with Crippen molar-refractivity contribution in [3.63, 3.8) is 0 Å². The van der Waals surface area contributed by atoms with Crippen molar-refractivity contribution in [3.05, 3.63) is 65.7 Å². The molecule has 1 amide bonds. The smallest absolute Gasteiger partial charge is 0.273 e. The van der Waals surface area contributed by atoms with Gasteiger partial charge in [-0.15, -0.1) is 12.4 Å². The fourth-order valence-electron chi connectivity index (χ4n) is 3.78. The molecule has 1 N–H and O–H groups in total. The molecule has 0 bridgehead atoms. The predicted octanol–water partition coefficient (Wildman–Crippen LogP) is 4.87. The highest BCUT2D eigenvalue weighted by atomic mass is 35.5. The van der Waals surface area contributed by atoms with Crippen molar-refractivity contribution in [1.29, 1.82) is 0 Å². The molecule has 6 nitrogen and oxygen atoms in total. The summed E-state index contributed by atoms with van der Waals surface area (Å²) in [5.74, 6) is 2.85. The highest BCUT2D eigenvalue weighted by Gasteiger charge is 2.27. The summed E-state index contributed by atoms with van der Waals surface area (Å²) in [5.41, 5.74) is 1.18. The fraction of sp³-hybridized carbons (Fsp3) is 0.391. The van der Waals surface area contributed by atoms with E-state index < -0.39 is 0 Å². The average Bonchev–Trinajstić information content (AvgIpc) is 3.40. The van der Waals surface area contributed by atoms with Gasteiger partial charge in [-0.1, -0.05) is 42.4 Å². The Hall–Kier alpha value is -2.57. The predicted molar refractivity (Wildman–Crippen MR) is 118 cm³/mol. The number of furan rings is 1. The van der Waals surface area contributed by atoms with Crippen molar-refractivity contribution in [2.75, 3.05) is 19.6 Å². The topological polar surface area (TPSA) is 71.5 Å². The van der Waals surface area contributed by atoms with Gasteiger partial charge in [0.15, 0.2) is 11.5 Å². The van der Waals surface area contributed by atoms with Crippen LogP contribution in [0.1, 0.15) is 47.8 Å². The monoisotopic (exact) mass is 429 g/mol. The molecule has 0 saturated carbocycles. The van der Waals surface area contributed by atoms with Crippen LogP contribution in [0.4, 0.5) is 0 Å². The van der Waals surface area contributed by atoms with Gasteiger partial charge in [0.2, 0.25) is 0 Å². The first-order chi connectivity index (χ1) is 14.1. The first kappa shape index (κ1) is 22.1. The molecule has 1 atom stereocenters. The molecule has 3 heterocycles. The van der Waals surface area contributed by atoms with E-state index in [2.05, 4.69) is 22.3 Å². The number of likely N-dealkylation sites (tertiary alicyclic amines) is 1. The average molecular weight is 430 g/mol. The zero-order chi connectivity index (χ0) is 20.2. The molecule has 1 aliphatic heterocycles. The first-order valence-electron chi connectivity index (χ1n) is 10.2. The number of halogens is 1. The molecule has 1 unspecified atom stereocenters. The second-order valence-electron chi connectivity index (χ2n) is 7.84. The number of rotatable bonds is 6. The third-order valence-electron chi connectivity index (χ3n) is 5.61. The van der Waals surface area contributed by atoms with E-state index in [1.54, 1.807) is 6.07 Å². The zero-order valence-electron chi connectivity index (χ0n) is 17.3. The van der Waals surface area contributed by atoms with E-state index in [1.807, 2.05) is 49.4 Å². The van der Waals surface area contributed by atoms with Gasteiger partial charge in [0.05, 0.1) is 6.04 Å². The van der Waals surface area contributed by atoms with Gasteiger partial charge in [-0.3, -0.25) is 9.69 Å². The number of nitrogens with one attached hydrogen (secondary N) is 1. The van der Waals surface area contributed by atoms with Crippen molar-refractivity contribution in [1.82, 2.24) is 15.4 Å². The van der Waals surface area contributed by atoms with Crippen molar-refractivity contribution in [2.24, 2.45) is 5.92 Å². The van der Waals surface area contributed by atoms with Crippen LogP contribution >= 0.6 is 12.4 Å². The second kappa shape index (κ2) is 9.96. The van der Waals surface area contributed by atoms with Gasteiger partial charge in [0.1, 0.15) is 11.5 Å². The lowest BCUT2D eigenvalue weighted by Gasteiger charge is -2.35. The number of amides is 1. The summed E-state index contributed by atoms with van der Waals surface area (Å²) in [5, 5.41) is 6.96. The standard InChI is InChI=1S/C23H27N3O3.ClH/c1-16-10-12-26(13-11-16)20(21-9-8-17(2)28-21)15-24-23(27)19-14-22(29-25-19)18-6-4-3-5-7-18;/h3-9,14,16,20H,10-13,15H2,1-2H3,(H,24,27);1H.